The Balaban J connectivity index is 2.27. The molecule has 5 heteroatoms. The Morgan fingerprint density at radius 3 is 2.32 bits per heavy atom. The molecule has 0 aliphatic heterocycles. The van der Waals surface area contributed by atoms with Gasteiger partial charge in [0.2, 0.25) is 0 Å². The van der Waals surface area contributed by atoms with Crippen molar-refractivity contribution in [2.24, 2.45) is 0 Å². The zero-order chi connectivity index (χ0) is 14.2. The van der Waals surface area contributed by atoms with Crippen molar-refractivity contribution < 1.29 is 0 Å². The molecule has 2 heterocycles. The number of hydrogen-bond donors (Lipinski definition) is 1. The fraction of sp³-hybridized carbons (Fsp3) is 0.571. The van der Waals surface area contributed by atoms with E-state index >= 15 is 0 Å². The molecule has 0 fully saturated rings. The van der Waals surface area contributed by atoms with Crippen LogP contribution in [0.2, 0.25) is 0 Å². The Bertz CT molecular complexity index is 568. The normalized spacial score (nSPS) is 13.0. The second kappa shape index (κ2) is 5.33. The molecule has 4 nitrogen and oxygen atoms in total. The van der Waals surface area contributed by atoms with Crippen LogP contribution < -0.4 is 5.32 Å². The highest BCUT2D eigenvalue weighted by Crippen LogP contribution is 2.29. The maximum Gasteiger partial charge on any atom is 0.0828 e. The summed E-state index contributed by atoms with van der Waals surface area (Å²) in [6, 6.07) is 0.643. The van der Waals surface area contributed by atoms with Gasteiger partial charge in [0.15, 0.2) is 0 Å². The van der Waals surface area contributed by atoms with Crippen LogP contribution >= 0.6 is 11.3 Å². The highest BCUT2D eigenvalue weighted by molar-refractivity contribution is 7.09. The van der Waals surface area contributed by atoms with E-state index in [1.54, 1.807) is 11.3 Å². The van der Waals surface area contributed by atoms with E-state index < -0.39 is 0 Å². The van der Waals surface area contributed by atoms with Crippen molar-refractivity contribution in [3.63, 3.8) is 0 Å². The largest absolute Gasteiger partial charge is 0.375 e. The number of nitrogens with one attached hydrogen (secondary N) is 1. The van der Waals surface area contributed by atoms with Gasteiger partial charge < -0.3 is 5.32 Å². The maximum absolute atomic E-state index is 4.61. The van der Waals surface area contributed by atoms with Crippen molar-refractivity contribution in [2.45, 2.75) is 53.6 Å². The molecule has 1 unspecified atom stereocenters. The zero-order valence-corrected chi connectivity index (χ0v) is 13.3. The third-order valence-electron chi connectivity index (χ3n) is 3.35. The van der Waals surface area contributed by atoms with Gasteiger partial charge >= 0.3 is 0 Å². The van der Waals surface area contributed by atoms with Crippen molar-refractivity contribution in [3.05, 3.63) is 27.5 Å². The van der Waals surface area contributed by atoms with Gasteiger partial charge in [0.25, 0.3) is 0 Å². The average Bonchev–Trinajstić information content (AvgIpc) is 2.87. The first-order valence-corrected chi connectivity index (χ1v) is 7.52. The lowest BCUT2D eigenvalue weighted by Gasteiger charge is -2.15. The van der Waals surface area contributed by atoms with E-state index in [1.807, 2.05) is 5.51 Å². The van der Waals surface area contributed by atoms with Crippen molar-refractivity contribution in [3.8, 4) is 0 Å². The zero-order valence-electron chi connectivity index (χ0n) is 12.5. The first-order valence-electron chi connectivity index (χ1n) is 6.64. The molecule has 0 aliphatic rings. The number of rotatable bonds is 4. The molecule has 0 amide bonds. The van der Waals surface area contributed by atoms with E-state index in [4.69, 9.17) is 0 Å². The highest BCUT2D eigenvalue weighted by atomic mass is 32.1. The van der Waals surface area contributed by atoms with Crippen molar-refractivity contribution >= 4 is 17.0 Å². The Kier molecular flexibility index (Phi) is 3.94. The van der Waals surface area contributed by atoms with Gasteiger partial charge in [-0.25, -0.2) is 4.98 Å². The summed E-state index contributed by atoms with van der Waals surface area (Å²) >= 11 is 1.70. The smallest absolute Gasteiger partial charge is 0.0828 e. The highest BCUT2D eigenvalue weighted by Gasteiger charge is 2.17. The summed E-state index contributed by atoms with van der Waals surface area (Å²) in [5, 5.41) is 8.19. The van der Waals surface area contributed by atoms with Gasteiger partial charge in [-0.2, -0.15) is 5.10 Å². The number of hydrogen-bond acceptors (Lipinski definition) is 4. The van der Waals surface area contributed by atoms with Crippen molar-refractivity contribution in [1.29, 1.82) is 0 Å². The molecule has 1 N–H and O–H groups in total. The molecule has 2 aromatic rings. The Morgan fingerprint density at radius 2 is 1.84 bits per heavy atom. The SMILES string of the molecule is Cc1ncsc1C(C)Nc1c(C)nn(C(C)C)c1C. The van der Waals surface area contributed by atoms with E-state index in [9.17, 15) is 0 Å². The summed E-state index contributed by atoms with van der Waals surface area (Å²) < 4.78 is 2.07. The van der Waals surface area contributed by atoms with E-state index in [2.05, 4.69) is 61.6 Å². The third-order valence-corrected chi connectivity index (χ3v) is 4.46. The van der Waals surface area contributed by atoms with Gasteiger partial charge in [-0.15, -0.1) is 11.3 Å². The Labute approximate surface area is 118 Å². The van der Waals surface area contributed by atoms with E-state index in [1.165, 1.54) is 10.6 Å². The van der Waals surface area contributed by atoms with Crippen LogP contribution in [0.1, 0.15) is 54.8 Å². The van der Waals surface area contributed by atoms with Crippen molar-refractivity contribution in [1.82, 2.24) is 14.8 Å². The third kappa shape index (κ3) is 2.66. The minimum atomic E-state index is 0.259. The fourth-order valence-corrected chi connectivity index (χ4v) is 3.19. The molecule has 2 aromatic heterocycles. The van der Waals surface area contributed by atoms with Gasteiger partial charge in [0.05, 0.1) is 34.3 Å². The molecule has 104 valence electrons. The van der Waals surface area contributed by atoms with Crippen LogP contribution in [-0.4, -0.2) is 14.8 Å². The minimum absolute atomic E-state index is 0.259. The molecular formula is C14H22N4S. The Morgan fingerprint density at radius 1 is 1.16 bits per heavy atom. The first-order chi connectivity index (χ1) is 8.91. The summed E-state index contributed by atoms with van der Waals surface area (Å²) in [6.45, 7) is 12.7. The number of aryl methyl sites for hydroxylation is 2. The van der Waals surface area contributed by atoms with Crippen LogP contribution in [0.15, 0.2) is 5.51 Å². The first kappa shape index (κ1) is 14.1. The second-order valence-electron chi connectivity index (χ2n) is 5.25. The quantitative estimate of drug-likeness (QED) is 0.918. The van der Waals surface area contributed by atoms with Gasteiger partial charge in [-0.05, 0) is 41.5 Å². The number of anilines is 1. The molecular weight excluding hydrogens is 256 g/mol. The second-order valence-corrected chi connectivity index (χ2v) is 6.14. The summed E-state index contributed by atoms with van der Waals surface area (Å²) in [6.07, 6.45) is 0. The minimum Gasteiger partial charge on any atom is -0.375 e. The number of nitrogens with zero attached hydrogens (tertiary/aromatic N) is 3. The molecule has 0 bridgehead atoms. The lowest BCUT2D eigenvalue weighted by atomic mass is 10.2. The standard InChI is InChI=1S/C14H22N4S/c1-8(2)18-12(6)13(9(3)17-18)16-11(5)14-10(4)15-7-19-14/h7-8,11,16H,1-6H3. The molecule has 0 aliphatic carbocycles. The van der Waals surface area contributed by atoms with Crippen LogP contribution in [0.5, 0.6) is 0 Å². The molecule has 0 saturated carbocycles. The summed E-state index contributed by atoms with van der Waals surface area (Å²) in [4.78, 5) is 5.60. The van der Waals surface area contributed by atoms with Crippen molar-refractivity contribution in [2.75, 3.05) is 5.32 Å². The summed E-state index contributed by atoms with van der Waals surface area (Å²) in [5.74, 6) is 0. The van der Waals surface area contributed by atoms with Crippen LogP contribution in [0.3, 0.4) is 0 Å². The van der Waals surface area contributed by atoms with E-state index in [0.717, 1.165) is 17.1 Å². The average molecular weight is 278 g/mol. The molecule has 1 atom stereocenters. The Hall–Kier alpha value is -1.36. The van der Waals surface area contributed by atoms with Crippen LogP contribution in [0, 0.1) is 20.8 Å². The maximum atomic E-state index is 4.61. The monoisotopic (exact) mass is 278 g/mol. The van der Waals surface area contributed by atoms with E-state index in [0.29, 0.717) is 6.04 Å². The summed E-state index contributed by atoms with van der Waals surface area (Å²) in [7, 11) is 0. The fourth-order valence-electron chi connectivity index (χ4n) is 2.38. The van der Waals surface area contributed by atoms with Crippen LogP contribution in [0.4, 0.5) is 5.69 Å². The number of aromatic nitrogens is 3. The van der Waals surface area contributed by atoms with Crippen LogP contribution in [-0.2, 0) is 0 Å². The number of thiazole rings is 1. The summed E-state index contributed by atoms with van der Waals surface area (Å²) in [5.41, 5.74) is 6.41. The van der Waals surface area contributed by atoms with Gasteiger partial charge in [-0.1, -0.05) is 0 Å². The topological polar surface area (TPSA) is 42.7 Å². The molecule has 0 saturated heterocycles. The van der Waals surface area contributed by atoms with E-state index in [-0.39, 0.29) is 6.04 Å². The van der Waals surface area contributed by atoms with Gasteiger partial charge in [0, 0.05) is 10.9 Å². The molecule has 19 heavy (non-hydrogen) atoms. The van der Waals surface area contributed by atoms with Gasteiger partial charge in [0.1, 0.15) is 0 Å². The van der Waals surface area contributed by atoms with Gasteiger partial charge in [-0.3, -0.25) is 4.68 Å². The molecule has 0 aromatic carbocycles. The lowest BCUT2D eigenvalue weighted by Crippen LogP contribution is -2.09. The lowest BCUT2D eigenvalue weighted by molar-refractivity contribution is 0.516. The molecule has 2 rings (SSSR count). The van der Waals surface area contributed by atoms with Crippen LogP contribution in [0.25, 0.3) is 0 Å². The molecule has 0 radical (unpaired) electrons. The molecule has 0 spiro atoms. The predicted octanol–water partition coefficient (Wildman–Crippen LogP) is 4.02. The predicted molar refractivity (Wildman–Crippen MR) is 81.0 cm³/mol.